The van der Waals surface area contributed by atoms with Crippen LogP contribution in [0.5, 0.6) is 0 Å². The normalized spacial score (nSPS) is 12.4. The molecule has 52 valence electrons. The van der Waals surface area contributed by atoms with Crippen LogP contribution in [0.25, 0.3) is 0 Å². The van der Waals surface area contributed by atoms with Crippen molar-refractivity contribution >= 4 is 11.9 Å². The van der Waals surface area contributed by atoms with Crippen LogP contribution < -0.4 is 0 Å². The summed E-state index contributed by atoms with van der Waals surface area (Å²) >= 11 is 0. The molecule has 9 heavy (non-hydrogen) atoms. The summed E-state index contributed by atoms with van der Waals surface area (Å²) in [6.45, 7) is 5.74. The zero-order valence-corrected chi connectivity index (χ0v) is 6.52. The van der Waals surface area contributed by atoms with E-state index in [9.17, 15) is 0 Å². The first kappa shape index (κ1) is 8.34. The van der Waals surface area contributed by atoms with Gasteiger partial charge in [0, 0.05) is 24.4 Å². The van der Waals surface area contributed by atoms with Crippen LogP contribution in [-0.4, -0.2) is 19.0 Å². The first-order chi connectivity index (χ1) is 4.00. The van der Waals surface area contributed by atoms with Gasteiger partial charge in [0.1, 0.15) is 0 Å². The maximum absolute atomic E-state index is 7.31. The van der Waals surface area contributed by atoms with Crippen LogP contribution in [0.15, 0.2) is 4.99 Å². The molecule has 0 saturated carbocycles. The molecule has 0 heterocycles. The van der Waals surface area contributed by atoms with Crippen LogP contribution in [0.4, 0.5) is 0 Å². The van der Waals surface area contributed by atoms with Gasteiger partial charge in [0.2, 0.25) is 0 Å². The Morgan fingerprint density at radius 3 is 2.11 bits per heavy atom. The van der Waals surface area contributed by atoms with E-state index in [1.54, 1.807) is 20.2 Å². The average Bonchev–Trinajstić information content (AvgIpc) is 1.65. The van der Waals surface area contributed by atoms with Crippen molar-refractivity contribution < 1.29 is 0 Å². The molecule has 0 aromatic carbocycles. The van der Waals surface area contributed by atoms with E-state index in [1.165, 1.54) is 0 Å². The van der Waals surface area contributed by atoms with Gasteiger partial charge in [-0.2, -0.15) is 0 Å². The molecule has 0 aliphatic heterocycles. The van der Waals surface area contributed by atoms with Crippen molar-refractivity contribution in [2.24, 2.45) is 10.4 Å². The Balaban J connectivity index is 4.19. The average molecular weight is 126 g/mol. The summed E-state index contributed by atoms with van der Waals surface area (Å²) in [7, 11) is 1.73. The lowest BCUT2D eigenvalue weighted by atomic mass is 9.90. The quantitative estimate of drug-likeness (QED) is 0.547. The molecule has 0 saturated heterocycles. The molecule has 0 aliphatic rings. The van der Waals surface area contributed by atoms with E-state index in [1.807, 2.05) is 13.8 Å². The number of hydrogen-bond donors (Lipinski definition) is 1. The lowest BCUT2D eigenvalue weighted by molar-refractivity contribution is 0.734. The fourth-order valence-corrected chi connectivity index (χ4v) is 0.420. The number of rotatable bonds is 2. The van der Waals surface area contributed by atoms with E-state index in [-0.39, 0.29) is 5.41 Å². The summed E-state index contributed by atoms with van der Waals surface area (Å²) < 4.78 is 0. The molecule has 0 unspecified atom stereocenters. The van der Waals surface area contributed by atoms with E-state index in [0.717, 1.165) is 0 Å². The molecular formula is C7H14N2. The van der Waals surface area contributed by atoms with E-state index in [2.05, 4.69) is 4.99 Å². The Kier molecular flexibility index (Phi) is 2.56. The third-order valence-electron chi connectivity index (χ3n) is 1.42. The van der Waals surface area contributed by atoms with E-state index in [0.29, 0.717) is 5.71 Å². The highest BCUT2D eigenvalue weighted by Gasteiger charge is 2.16. The Labute approximate surface area is 56.5 Å². The molecule has 2 heteroatoms. The van der Waals surface area contributed by atoms with Crippen LogP contribution in [-0.2, 0) is 0 Å². The first-order valence-corrected chi connectivity index (χ1v) is 2.99. The van der Waals surface area contributed by atoms with Crippen LogP contribution in [0.3, 0.4) is 0 Å². The van der Waals surface area contributed by atoms with Crippen molar-refractivity contribution in [1.29, 1.82) is 5.41 Å². The second-order valence-electron chi connectivity index (χ2n) is 2.73. The Hall–Kier alpha value is -0.660. The van der Waals surface area contributed by atoms with Gasteiger partial charge in [-0.05, 0) is 20.8 Å². The standard InChI is InChI=1S/C7H14N2/c1-6(8)7(2,3)5-9-4/h5,8H,1-4H3. The fraction of sp³-hybridized carbons (Fsp3) is 0.714. The highest BCUT2D eigenvalue weighted by atomic mass is 14.7. The minimum Gasteiger partial charge on any atom is -0.309 e. The van der Waals surface area contributed by atoms with Gasteiger partial charge in [0.25, 0.3) is 0 Å². The number of hydrogen-bond acceptors (Lipinski definition) is 2. The van der Waals surface area contributed by atoms with E-state index >= 15 is 0 Å². The maximum Gasteiger partial charge on any atom is 0.0368 e. The van der Waals surface area contributed by atoms with Crippen LogP contribution in [0.2, 0.25) is 0 Å². The topological polar surface area (TPSA) is 36.2 Å². The zero-order valence-electron chi connectivity index (χ0n) is 6.52. The van der Waals surface area contributed by atoms with Gasteiger partial charge in [-0.3, -0.25) is 4.99 Å². The minimum absolute atomic E-state index is 0.158. The van der Waals surface area contributed by atoms with Gasteiger partial charge in [0.15, 0.2) is 0 Å². The summed E-state index contributed by atoms with van der Waals surface area (Å²) in [5, 5.41) is 7.31. The lowest BCUT2D eigenvalue weighted by Crippen LogP contribution is -2.21. The van der Waals surface area contributed by atoms with Crippen LogP contribution in [0, 0.1) is 10.8 Å². The van der Waals surface area contributed by atoms with Gasteiger partial charge in [0.05, 0.1) is 0 Å². The second kappa shape index (κ2) is 2.76. The predicted octanol–water partition coefficient (Wildman–Crippen LogP) is 1.75. The summed E-state index contributed by atoms with van der Waals surface area (Å²) in [5.74, 6) is 0. The SMILES string of the molecule is CN=CC(C)(C)C(C)=N. The largest absolute Gasteiger partial charge is 0.309 e. The highest BCUT2D eigenvalue weighted by molar-refractivity contribution is 5.98. The zero-order chi connectivity index (χ0) is 7.49. The van der Waals surface area contributed by atoms with Crippen LogP contribution in [0.1, 0.15) is 20.8 Å². The second-order valence-corrected chi connectivity index (χ2v) is 2.73. The van der Waals surface area contributed by atoms with Crippen molar-refractivity contribution in [2.45, 2.75) is 20.8 Å². The molecule has 0 aliphatic carbocycles. The van der Waals surface area contributed by atoms with Crippen molar-refractivity contribution in [3.8, 4) is 0 Å². The van der Waals surface area contributed by atoms with Crippen molar-refractivity contribution in [1.82, 2.24) is 0 Å². The Bertz CT molecular complexity index is 134. The molecule has 0 aromatic heterocycles. The molecular weight excluding hydrogens is 112 g/mol. The predicted molar refractivity (Wildman–Crippen MR) is 41.6 cm³/mol. The third kappa shape index (κ3) is 2.40. The van der Waals surface area contributed by atoms with Gasteiger partial charge in [-0.1, -0.05) is 0 Å². The molecule has 0 bridgehead atoms. The molecule has 1 N–H and O–H groups in total. The van der Waals surface area contributed by atoms with Gasteiger partial charge < -0.3 is 5.41 Å². The number of aliphatic imine (C=N–C) groups is 1. The van der Waals surface area contributed by atoms with Gasteiger partial charge >= 0.3 is 0 Å². The molecule has 0 spiro atoms. The minimum atomic E-state index is -0.158. The highest BCUT2D eigenvalue weighted by Crippen LogP contribution is 2.12. The molecule has 0 amide bonds. The fourth-order valence-electron chi connectivity index (χ4n) is 0.420. The van der Waals surface area contributed by atoms with Gasteiger partial charge in [-0.15, -0.1) is 0 Å². The first-order valence-electron chi connectivity index (χ1n) is 2.99. The molecule has 0 atom stereocenters. The van der Waals surface area contributed by atoms with Crippen molar-refractivity contribution in [3.05, 3.63) is 0 Å². The Morgan fingerprint density at radius 1 is 1.56 bits per heavy atom. The maximum atomic E-state index is 7.31. The number of nitrogens with one attached hydrogen (secondary N) is 1. The van der Waals surface area contributed by atoms with E-state index in [4.69, 9.17) is 5.41 Å². The van der Waals surface area contributed by atoms with Crippen molar-refractivity contribution in [3.63, 3.8) is 0 Å². The number of nitrogens with zero attached hydrogens (tertiary/aromatic N) is 1. The summed E-state index contributed by atoms with van der Waals surface area (Å²) in [4.78, 5) is 3.86. The molecule has 2 nitrogen and oxygen atoms in total. The van der Waals surface area contributed by atoms with Crippen molar-refractivity contribution in [2.75, 3.05) is 7.05 Å². The molecule has 0 aromatic rings. The summed E-state index contributed by atoms with van der Waals surface area (Å²) in [6, 6.07) is 0. The third-order valence-corrected chi connectivity index (χ3v) is 1.42. The monoisotopic (exact) mass is 126 g/mol. The lowest BCUT2D eigenvalue weighted by Gasteiger charge is -2.16. The Morgan fingerprint density at radius 2 is 2.00 bits per heavy atom. The summed E-state index contributed by atoms with van der Waals surface area (Å²) in [5.41, 5.74) is 0.488. The van der Waals surface area contributed by atoms with Gasteiger partial charge in [-0.25, -0.2) is 0 Å². The molecule has 0 rings (SSSR count). The smallest absolute Gasteiger partial charge is 0.0368 e. The van der Waals surface area contributed by atoms with E-state index < -0.39 is 0 Å². The summed E-state index contributed by atoms with van der Waals surface area (Å²) in [6.07, 6.45) is 1.79. The molecule has 0 fully saturated rings. The molecule has 0 radical (unpaired) electrons. The van der Waals surface area contributed by atoms with Crippen LogP contribution >= 0.6 is 0 Å².